The second kappa shape index (κ2) is 7.94. The Labute approximate surface area is 132 Å². The molecule has 2 heterocycles. The van der Waals surface area contributed by atoms with E-state index in [0.717, 1.165) is 25.2 Å². The summed E-state index contributed by atoms with van der Waals surface area (Å²) in [6.45, 7) is 8.65. The van der Waals surface area contributed by atoms with Crippen molar-refractivity contribution >= 4 is 11.6 Å². The average molecular weight is 302 g/mol. The minimum Gasteiger partial charge on any atom is -0.473 e. The third-order valence-electron chi connectivity index (χ3n) is 4.02. The van der Waals surface area contributed by atoms with Gasteiger partial charge in [0.25, 0.3) is 0 Å². The minimum absolute atomic E-state index is 0.418. The second-order valence-electron chi connectivity index (χ2n) is 5.68. The third-order valence-corrected chi connectivity index (χ3v) is 4.02. The van der Waals surface area contributed by atoms with Gasteiger partial charge in [0.05, 0.1) is 5.71 Å². The monoisotopic (exact) mass is 302 g/mol. The van der Waals surface area contributed by atoms with Gasteiger partial charge >= 0.3 is 0 Å². The number of rotatable bonds is 3. The Morgan fingerprint density at radius 2 is 2.27 bits per heavy atom. The summed E-state index contributed by atoms with van der Waals surface area (Å²) in [6.07, 6.45) is 8.69. The molecule has 3 N–H and O–H groups in total. The van der Waals surface area contributed by atoms with Crippen LogP contribution in [0.25, 0.3) is 0 Å². The maximum absolute atomic E-state index is 8.02. The zero-order chi connectivity index (χ0) is 15.9. The fourth-order valence-corrected chi connectivity index (χ4v) is 2.60. The molecule has 0 saturated heterocycles. The number of dihydropyridines is 1. The number of hydrogen-bond donors (Lipinski definition) is 3. The van der Waals surface area contributed by atoms with Gasteiger partial charge in [-0.25, -0.2) is 4.99 Å². The Bertz CT molecular complexity index is 531. The van der Waals surface area contributed by atoms with Gasteiger partial charge < -0.3 is 15.4 Å². The van der Waals surface area contributed by atoms with Crippen LogP contribution in [-0.2, 0) is 4.74 Å². The first-order valence-corrected chi connectivity index (χ1v) is 7.93. The van der Waals surface area contributed by atoms with E-state index in [2.05, 4.69) is 35.5 Å². The quantitative estimate of drug-likeness (QED) is 0.701. The summed E-state index contributed by atoms with van der Waals surface area (Å²) in [5.41, 5.74) is 2.01. The maximum atomic E-state index is 8.02. The molecule has 0 radical (unpaired) electrons. The molecular formula is C17H26N4O. The number of fused-ring (bicyclic) bond motifs is 1. The average Bonchev–Trinajstić information content (AvgIpc) is 2.50. The molecule has 5 heteroatoms. The summed E-state index contributed by atoms with van der Waals surface area (Å²) in [5, 5.41) is 15.0. The van der Waals surface area contributed by atoms with Crippen LogP contribution in [0.4, 0.5) is 0 Å². The molecule has 1 unspecified atom stereocenters. The fourth-order valence-electron chi connectivity index (χ4n) is 2.60. The summed E-state index contributed by atoms with van der Waals surface area (Å²) < 4.78 is 5.63. The highest BCUT2D eigenvalue weighted by Crippen LogP contribution is 2.15. The van der Waals surface area contributed by atoms with Crippen LogP contribution in [0.5, 0.6) is 0 Å². The van der Waals surface area contributed by atoms with Crippen molar-refractivity contribution in [1.82, 2.24) is 10.6 Å². The Balaban J connectivity index is 2.19. The van der Waals surface area contributed by atoms with E-state index in [1.165, 1.54) is 0 Å². The van der Waals surface area contributed by atoms with E-state index in [4.69, 9.17) is 10.1 Å². The van der Waals surface area contributed by atoms with E-state index in [9.17, 15) is 0 Å². The van der Waals surface area contributed by atoms with Gasteiger partial charge in [-0.05, 0) is 38.8 Å². The molecule has 0 fully saturated rings. The van der Waals surface area contributed by atoms with Gasteiger partial charge in [0, 0.05) is 24.4 Å². The van der Waals surface area contributed by atoms with Crippen molar-refractivity contribution in [2.24, 2.45) is 10.9 Å². The van der Waals surface area contributed by atoms with E-state index in [0.29, 0.717) is 35.9 Å². The van der Waals surface area contributed by atoms with Crippen molar-refractivity contribution in [3.8, 4) is 0 Å². The fraction of sp³-hybridized carbons (Fsp3) is 0.529. The molecular weight excluding hydrogens is 276 g/mol. The number of hydrogen-bond acceptors (Lipinski definition) is 5. The van der Waals surface area contributed by atoms with Crippen molar-refractivity contribution in [3.05, 3.63) is 35.7 Å². The van der Waals surface area contributed by atoms with E-state index < -0.39 is 0 Å². The van der Waals surface area contributed by atoms with Crippen LogP contribution >= 0.6 is 0 Å². The molecule has 120 valence electrons. The lowest BCUT2D eigenvalue weighted by Gasteiger charge is -2.25. The molecule has 0 aliphatic carbocycles. The molecule has 2 bridgehead atoms. The molecule has 0 aromatic heterocycles. The Morgan fingerprint density at radius 3 is 3.05 bits per heavy atom. The van der Waals surface area contributed by atoms with E-state index in [1.54, 1.807) is 12.2 Å². The summed E-state index contributed by atoms with van der Waals surface area (Å²) in [7, 11) is 0. The van der Waals surface area contributed by atoms with Crippen LogP contribution < -0.4 is 10.6 Å². The third kappa shape index (κ3) is 4.31. The molecule has 2 atom stereocenters. The van der Waals surface area contributed by atoms with Crippen molar-refractivity contribution in [1.29, 1.82) is 5.41 Å². The summed E-state index contributed by atoms with van der Waals surface area (Å²) in [6, 6.07) is 0.425. The number of aliphatic imine (C=N–C) groups is 1. The van der Waals surface area contributed by atoms with Gasteiger partial charge in [-0.2, -0.15) is 0 Å². The first-order valence-electron chi connectivity index (χ1n) is 7.93. The van der Waals surface area contributed by atoms with Gasteiger partial charge in [-0.15, -0.1) is 0 Å². The number of allylic oxidation sites excluding steroid dienone is 3. The molecule has 0 aromatic rings. The number of nitrogens with zero attached hydrogens (tertiary/aromatic N) is 1. The molecule has 0 spiro atoms. The zero-order valence-corrected chi connectivity index (χ0v) is 13.6. The molecule has 0 amide bonds. The number of ether oxygens (including phenoxy) is 1. The summed E-state index contributed by atoms with van der Waals surface area (Å²) in [4.78, 5) is 4.43. The van der Waals surface area contributed by atoms with E-state index in [1.807, 2.05) is 13.0 Å². The molecule has 0 saturated carbocycles. The van der Waals surface area contributed by atoms with Gasteiger partial charge in [-0.3, -0.25) is 5.41 Å². The molecule has 2 aliphatic rings. The van der Waals surface area contributed by atoms with Gasteiger partial charge in [0.15, 0.2) is 0 Å². The SMILES string of the molecule is CCNC(C)[C@@H]1C/C=C\COC2=N/C(=C(/C)NC1)C(=N)C=C2. The Morgan fingerprint density at radius 1 is 1.45 bits per heavy atom. The normalized spacial score (nSPS) is 28.6. The minimum atomic E-state index is 0.418. The van der Waals surface area contributed by atoms with Gasteiger partial charge in [-0.1, -0.05) is 19.1 Å². The van der Waals surface area contributed by atoms with Crippen LogP contribution in [0, 0.1) is 11.3 Å². The van der Waals surface area contributed by atoms with Crippen molar-refractivity contribution < 1.29 is 4.74 Å². The Hall–Kier alpha value is -1.88. The second-order valence-corrected chi connectivity index (χ2v) is 5.68. The Kier molecular flexibility index (Phi) is 5.95. The predicted octanol–water partition coefficient (Wildman–Crippen LogP) is 2.39. The molecule has 2 aliphatic heterocycles. The lowest BCUT2D eigenvalue weighted by atomic mass is 9.96. The molecule has 2 rings (SSSR count). The lowest BCUT2D eigenvalue weighted by molar-refractivity contribution is 0.348. The summed E-state index contributed by atoms with van der Waals surface area (Å²) in [5.74, 6) is 1.04. The lowest BCUT2D eigenvalue weighted by Crippen LogP contribution is -2.38. The molecule has 0 aromatic carbocycles. The standard InChI is InChI=1S/C17H26N4O/c1-4-19-12(2)14-7-5-6-10-22-16-9-8-15(18)17(21-16)13(3)20-11-14/h5-6,8-9,12,14,18-20H,4,7,10-11H2,1-3H3/b6-5-,17-13-,18-15?/t12?,14-/m1/s1. The van der Waals surface area contributed by atoms with Crippen LogP contribution in [0.15, 0.2) is 40.7 Å². The smallest absolute Gasteiger partial charge is 0.214 e. The first-order chi connectivity index (χ1) is 10.6. The number of nitrogens with one attached hydrogen (secondary N) is 3. The highest BCUT2D eigenvalue weighted by atomic mass is 16.5. The van der Waals surface area contributed by atoms with Crippen molar-refractivity contribution in [2.45, 2.75) is 33.2 Å². The van der Waals surface area contributed by atoms with Crippen LogP contribution in [0.2, 0.25) is 0 Å². The molecule has 5 nitrogen and oxygen atoms in total. The highest BCUT2D eigenvalue weighted by Gasteiger charge is 2.18. The first kappa shape index (κ1) is 16.5. The molecule has 22 heavy (non-hydrogen) atoms. The van der Waals surface area contributed by atoms with E-state index in [-0.39, 0.29) is 0 Å². The zero-order valence-electron chi connectivity index (χ0n) is 13.6. The predicted molar refractivity (Wildman–Crippen MR) is 91.3 cm³/mol. The largest absolute Gasteiger partial charge is 0.473 e. The van der Waals surface area contributed by atoms with Gasteiger partial charge in [0.2, 0.25) is 5.90 Å². The van der Waals surface area contributed by atoms with Crippen LogP contribution in [0.3, 0.4) is 0 Å². The topological polar surface area (TPSA) is 69.5 Å². The summed E-state index contributed by atoms with van der Waals surface area (Å²) >= 11 is 0. The van der Waals surface area contributed by atoms with Crippen LogP contribution in [0.1, 0.15) is 27.2 Å². The highest BCUT2D eigenvalue weighted by molar-refractivity contribution is 6.13. The van der Waals surface area contributed by atoms with Crippen LogP contribution in [-0.4, -0.2) is 37.3 Å². The van der Waals surface area contributed by atoms with Gasteiger partial charge in [0.1, 0.15) is 12.3 Å². The van der Waals surface area contributed by atoms with E-state index >= 15 is 0 Å². The van der Waals surface area contributed by atoms with Crippen molar-refractivity contribution in [3.63, 3.8) is 0 Å². The van der Waals surface area contributed by atoms with Crippen molar-refractivity contribution in [2.75, 3.05) is 19.7 Å². The maximum Gasteiger partial charge on any atom is 0.214 e.